The van der Waals surface area contributed by atoms with Gasteiger partial charge in [-0.05, 0) is 48.5 Å². The van der Waals surface area contributed by atoms with E-state index in [9.17, 15) is 9.18 Å². The van der Waals surface area contributed by atoms with Crippen LogP contribution in [0.15, 0.2) is 48.5 Å². The summed E-state index contributed by atoms with van der Waals surface area (Å²) in [6.07, 6.45) is 0.434. The molecule has 0 spiro atoms. The Morgan fingerprint density at radius 2 is 1.76 bits per heavy atom. The number of hydrogen-bond acceptors (Lipinski definition) is 2. The number of halogens is 1. The molecule has 0 aliphatic rings. The molecule has 2 aromatic carbocycles. The third-order valence-electron chi connectivity index (χ3n) is 2.72. The second-order valence-electron chi connectivity index (χ2n) is 4.31. The van der Waals surface area contributed by atoms with E-state index in [0.29, 0.717) is 17.7 Å². The molecule has 0 radical (unpaired) electrons. The molecule has 0 fully saturated rings. The summed E-state index contributed by atoms with van der Waals surface area (Å²) in [4.78, 5) is 11.9. The monoisotopic (exact) mass is 283 g/mol. The maximum Gasteiger partial charge on any atom is 0.255 e. The lowest BCUT2D eigenvalue weighted by Gasteiger charge is -2.05. The number of nitrogens with one attached hydrogen (secondary N) is 1. The van der Waals surface area contributed by atoms with Crippen molar-refractivity contribution in [2.75, 3.05) is 11.9 Å². The molecule has 1 amide bonds. The highest BCUT2D eigenvalue weighted by atomic mass is 19.1. The van der Waals surface area contributed by atoms with Gasteiger partial charge in [-0.1, -0.05) is 11.8 Å². The minimum absolute atomic E-state index is 0.0405. The Labute approximate surface area is 122 Å². The number of carbonyl (C=O) groups is 1. The van der Waals surface area contributed by atoms with Crippen LogP contribution in [0.5, 0.6) is 0 Å². The van der Waals surface area contributed by atoms with Crippen LogP contribution in [0.3, 0.4) is 0 Å². The van der Waals surface area contributed by atoms with Crippen LogP contribution in [-0.4, -0.2) is 17.6 Å². The van der Waals surface area contributed by atoms with Gasteiger partial charge in [0.15, 0.2) is 0 Å². The molecule has 0 saturated carbocycles. The second kappa shape index (κ2) is 7.22. The molecule has 0 bridgehead atoms. The van der Waals surface area contributed by atoms with Crippen LogP contribution in [0.1, 0.15) is 22.3 Å². The third-order valence-corrected chi connectivity index (χ3v) is 2.72. The maximum atomic E-state index is 12.8. The molecule has 0 saturated heterocycles. The minimum Gasteiger partial charge on any atom is -0.395 e. The van der Waals surface area contributed by atoms with Gasteiger partial charge in [0.05, 0.1) is 6.61 Å². The lowest BCUT2D eigenvalue weighted by atomic mass is 10.2. The Bertz CT molecular complexity index is 667. The summed E-state index contributed by atoms with van der Waals surface area (Å²) in [6, 6.07) is 12.4. The van der Waals surface area contributed by atoms with Crippen LogP contribution in [0, 0.1) is 17.7 Å². The highest BCUT2D eigenvalue weighted by Gasteiger charge is 2.05. The summed E-state index contributed by atoms with van der Waals surface area (Å²) in [5.74, 6) is 5.04. The standard InChI is InChI=1S/C17H14FNO2/c18-15-8-6-14(7-9-15)17(21)19-16-10-4-13(5-11-16)3-1-2-12-20/h4-11,20H,2,12H2,(H,19,21). The van der Waals surface area contributed by atoms with Crippen LogP contribution in [0.25, 0.3) is 0 Å². The molecule has 0 aliphatic carbocycles. The lowest BCUT2D eigenvalue weighted by molar-refractivity contribution is 0.102. The predicted octanol–water partition coefficient (Wildman–Crippen LogP) is 2.81. The van der Waals surface area contributed by atoms with E-state index in [1.54, 1.807) is 24.3 Å². The zero-order valence-electron chi connectivity index (χ0n) is 11.3. The van der Waals surface area contributed by atoms with Gasteiger partial charge in [-0.15, -0.1) is 0 Å². The molecule has 2 aromatic rings. The van der Waals surface area contributed by atoms with E-state index < -0.39 is 0 Å². The first kappa shape index (κ1) is 14.8. The predicted molar refractivity (Wildman–Crippen MR) is 79.4 cm³/mol. The summed E-state index contributed by atoms with van der Waals surface area (Å²) in [6.45, 7) is 0.0405. The lowest BCUT2D eigenvalue weighted by Crippen LogP contribution is -2.11. The summed E-state index contributed by atoms with van der Waals surface area (Å²) in [7, 11) is 0. The molecular formula is C17H14FNO2. The Morgan fingerprint density at radius 1 is 1.10 bits per heavy atom. The largest absolute Gasteiger partial charge is 0.395 e. The molecule has 2 N–H and O–H groups in total. The van der Waals surface area contributed by atoms with Crippen molar-refractivity contribution in [3.63, 3.8) is 0 Å². The number of amides is 1. The molecule has 3 nitrogen and oxygen atoms in total. The van der Waals surface area contributed by atoms with Crippen molar-refractivity contribution in [3.05, 3.63) is 65.5 Å². The topological polar surface area (TPSA) is 49.3 Å². The van der Waals surface area contributed by atoms with Gasteiger partial charge in [-0.2, -0.15) is 0 Å². The van der Waals surface area contributed by atoms with E-state index in [1.165, 1.54) is 24.3 Å². The van der Waals surface area contributed by atoms with Gasteiger partial charge in [0.1, 0.15) is 5.82 Å². The fourth-order valence-corrected chi connectivity index (χ4v) is 1.66. The van der Waals surface area contributed by atoms with Gasteiger partial charge in [0.25, 0.3) is 5.91 Å². The number of rotatable bonds is 3. The van der Waals surface area contributed by atoms with Gasteiger partial charge in [-0.25, -0.2) is 4.39 Å². The van der Waals surface area contributed by atoms with E-state index in [4.69, 9.17) is 5.11 Å². The van der Waals surface area contributed by atoms with Gasteiger partial charge in [0.2, 0.25) is 0 Å². The van der Waals surface area contributed by atoms with Gasteiger partial charge in [-0.3, -0.25) is 4.79 Å². The van der Waals surface area contributed by atoms with Crippen molar-refractivity contribution in [2.24, 2.45) is 0 Å². The summed E-state index contributed by atoms with van der Waals surface area (Å²) in [5.41, 5.74) is 1.84. The molecule has 106 valence electrons. The highest BCUT2D eigenvalue weighted by Crippen LogP contribution is 2.11. The van der Waals surface area contributed by atoms with E-state index in [2.05, 4.69) is 17.2 Å². The van der Waals surface area contributed by atoms with Crippen molar-refractivity contribution < 1.29 is 14.3 Å². The van der Waals surface area contributed by atoms with Gasteiger partial charge in [0, 0.05) is 23.2 Å². The Hall–Kier alpha value is -2.64. The number of benzene rings is 2. The number of aliphatic hydroxyl groups excluding tert-OH is 1. The second-order valence-corrected chi connectivity index (χ2v) is 4.31. The molecule has 4 heteroatoms. The zero-order valence-corrected chi connectivity index (χ0v) is 11.3. The molecule has 0 aliphatic heterocycles. The van der Waals surface area contributed by atoms with E-state index in [-0.39, 0.29) is 18.3 Å². The highest BCUT2D eigenvalue weighted by molar-refractivity contribution is 6.04. The van der Waals surface area contributed by atoms with Crippen molar-refractivity contribution >= 4 is 11.6 Å². The summed E-state index contributed by atoms with van der Waals surface area (Å²) in [5, 5.41) is 11.4. The molecular weight excluding hydrogens is 269 g/mol. The first-order chi connectivity index (χ1) is 10.2. The molecule has 0 atom stereocenters. The third kappa shape index (κ3) is 4.44. The first-order valence-electron chi connectivity index (χ1n) is 6.46. The maximum absolute atomic E-state index is 12.8. The molecule has 2 rings (SSSR count). The van der Waals surface area contributed by atoms with Crippen molar-refractivity contribution in [2.45, 2.75) is 6.42 Å². The number of anilines is 1. The van der Waals surface area contributed by atoms with Crippen LogP contribution in [-0.2, 0) is 0 Å². The smallest absolute Gasteiger partial charge is 0.255 e. The minimum atomic E-state index is -0.377. The van der Waals surface area contributed by atoms with Gasteiger partial charge >= 0.3 is 0 Å². The van der Waals surface area contributed by atoms with Crippen molar-refractivity contribution in [1.82, 2.24) is 0 Å². The fraction of sp³-hybridized carbons (Fsp3) is 0.118. The average molecular weight is 283 g/mol. The summed E-state index contributed by atoms with van der Waals surface area (Å²) >= 11 is 0. The number of aliphatic hydroxyl groups is 1. The Kier molecular flexibility index (Phi) is 5.08. The summed E-state index contributed by atoms with van der Waals surface area (Å²) < 4.78 is 12.8. The molecule has 0 unspecified atom stereocenters. The van der Waals surface area contributed by atoms with E-state index >= 15 is 0 Å². The molecule has 21 heavy (non-hydrogen) atoms. The fourth-order valence-electron chi connectivity index (χ4n) is 1.66. The SMILES string of the molecule is O=C(Nc1ccc(C#CCCO)cc1)c1ccc(F)cc1. The quantitative estimate of drug-likeness (QED) is 0.851. The molecule has 0 aromatic heterocycles. The van der Waals surface area contributed by atoms with E-state index in [0.717, 1.165) is 5.56 Å². The average Bonchev–Trinajstić information content (AvgIpc) is 2.50. The number of carbonyl (C=O) groups excluding carboxylic acids is 1. The van der Waals surface area contributed by atoms with Crippen LogP contribution in [0.2, 0.25) is 0 Å². The van der Waals surface area contributed by atoms with E-state index in [1.807, 2.05) is 0 Å². The Morgan fingerprint density at radius 3 is 2.38 bits per heavy atom. The number of hydrogen-bond donors (Lipinski definition) is 2. The zero-order chi connectivity index (χ0) is 15.1. The van der Waals surface area contributed by atoms with Crippen LogP contribution >= 0.6 is 0 Å². The normalized spacial score (nSPS) is 9.62. The Balaban J connectivity index is 2.02. The molecule has 0 heterocycles. The first-order valence-corrected chi connectivity index (χ1v) is 6.46. The van der Waals surface area contributed by atoms with Crippen LogP contribution < -0.4 is 5.32 Å². The van der Waals surface area contributed by atoms with Crippen molar-refractivity contribution in [1.29, 1.82) is 0 Å². The van der Waals surface area contributed by atoms with Crippen molar-refractivity contribution in [3.8, 4) is 11.8 Å². The van der Waals surface area contributed by atoms with Gasteiger partial charge < -0.3 is 10.4 Å². The van der Waals surface area contributed by atoms with Crippen LogP contribution in [0.4, 0.5) is 10.1 Å².